The molecule has 0 bridgehead atoms. The van der Waals surface area contributed by atoms with Gasteiger partial charge in [0.1, 0.15) is 0 Å². The number of amides is 1. The van der Waals surface area contributed by atoms with E-state index in [1.54, 1.807) is 6.92 Å². The zero-order valence-electron chi connectivity index (χ0n) is 8.05. The minimum Gasteiger partial charge on any atom is -0.393 e. The molecule has 0 saturated carbocycles. The topological polar surface area (TPSA) is 61.4 Å². The van der Waals surface area contributed by atoms with Crippen molar-refractivity contribution in [3.05, 3.63) is 0 Å². The Hall–Kier alpha value is -0.610. The van der Waals surface area contributed by atoms with Crippen molar-refractivity contribution in [2.75, 3.05) is 13.1 Å². The Morgan fingerprint density at radius 3 is 3.08 bits per heavy atom. The van der Waals surface area contributed by atoms with Crippen molar-refractivity contribution in [1.82, 2.24) is 10.6 Å². The van der Waals surface area contributed by atoms with E-state index in [0.29, 0.717) is 13.0 Å². The summed E-state index contributed by atoms with van der Waals surface area (Å²) >= 11 is 0. The summed E-state index contributed by atoms with van der Waals surface area (Å²) in [5.41, 5.74) is 0. The van der Waals surface area contributed by atoms with Gasteiger partial charge in [0.25, 0.3) is 0 Å². The number of aliphatic hydroxyl groups excluding tert-OH is 1. The summed E-state index contributed by atoms with van der Waals surface area (Å²) in [6, 6.07) is -0.00556. The molecule has 0 aromatic heterocycles. The first kappa shape index (κ1) is 10.5. The van der Waals surface area contributed by atoms with E-state index < -0.39 is 0 Å². The second kappa shape index (κ2) is 5.19. The highest BCUT2D eigenvalue weighted by Crippen LogP contribution is 2.04. The molecule has 0 aromatic rings. The maximum absolute atomic E-state index is 11.4. The average molecular weight is 186 g/mol. The maximum Gasteiger partial charge on any atom is 0.237 e. The van der Waals surface area contributed by atoms with Crippen LogP contribution in [-0.4, -0.2) is 36.2 Å². The Morgan fingerprint density at radius 2 is 2.54 bits per heavy atom. The van der Waals surface area contributed by atoms with E-state index in [0.717, 1.165) is 19.4 Å². The highest BCUT2D eigenvalue weighted by atomic mass is 16.3. The van der Waals surface area contributed by atoms with Crippen LogP contribution >= 0.6 is 0 Å². The van der Waals surface area contributed by atoms with Gasteiger partial charge in [-0.1, -0.05) is 0 Å². The van der Waals surface area contributed by atoms with Crippen molar-refractivity contribution >= 4 is 5.91 Å². The second-order valence-electron chi connectivity index (χ2n) is 3.58. The highest BCUT2D eigenvalue weighted by Gasteiger charge is 2.21. The third-order valence-electron chi connectivity index (χ3n) is 2.24. The van der Waals surface area contributed by atoms with Crippen molar-refractivity contribution in [2.45, 2.75) is 38.3 Å². The Bertz CT molecular complexity index is 165. The first-order valence-electron chi connectivity index (χ1n) is 4.89. The van der Waals surface area contributed by atoms with Crippen molar-refractivity contribution in [3.63, 3.8) is 0 Å². The summed E-state index contributed by atoms with van der Waals surface area (Å²) < 4.78 is 0. The lowest BCUT2D eigenvalue weighted by molar-refractivity contribution is -0.122. The quantitative estimate of drug-likeness (QED) is 0.561. The highest BCUT2D eigenvalue weighted by molar-refractivity contribution is 5.81. The standard InChI is InChI=1S/C9H18N2O2/c1-7(12)4-6-11-9(13)8-3-2-5-10-8/h7-8,10,12H,2-6H2,1H3,(H,11,13)/t7?,8-/m0/s1. The molecule has 1 unspecified atom stereocenters. The van der Waals surface area contributed by atoms with Gasteiger partial charge in [-0.15, -0.1) is 0 Å². The van der Waals surface area contributed by atoms with E-state index in [2.05, 4.69) is 10.6 Å². The van der Waals surface area contributed by atoms with E-state index in [4.69, 9.17) is 5.11 Å². The number of hydrogen-bond donors (Lipinski definition) is 3. The molecule has 0 radical (unpaired) electrons. The Labute approximate surface area is 78.7 Å². The summed E-state index contributed by atoms with van der Waals surface area (Å²) in [5.74, 6) is 0.0677. The summed E-state index contributed by atoms with van der Waals surface area (Å²) in [4.78, 5) is 11.4. The molecule has 0 aliphatic carbocycles. The molecule has 1 aliphatic rings. The molecule has 2 atom stereocenters. The Morgan fingerprint density at radius 1 is 1.77 bits per heavy atom. The smallest absolute Gasteiger partial charge is 0.237 e. The van der Waals surface area contributed by atoms with Crippen molar-refractivity contribution in [3.8, 4) is 0 Å². The number of hydrogen-bond acceptors (Lipinski definition) is 3. The van der Waals surface area contributed by atoms with Crippen LogP contribution in [0.2, 0.25) is 0 Å². The minimum atomic E-state index is -0.336. The average Bonchev–Trinajstić information content (AvgIpc) is 2.55. The van der Waals surface area contributed by atoms with Crippen molar-refractivity contribution in [1.29, 1.82) is 0 Å². The molecule has 4 nitrogen and oxygen atoms in total. The van der Waals surface area contributed by atoms with Crippen LogP contribution in [0.4, 0.5) is 0 Å². The van der Waals surface area contributed by atoms with Crippen LogP contribution in [0, 0.1) is 0 Å². The lowest BCUT2D eigenvalue weighted by atomic mass is 10.2. The molecule has 13 heavy (non-hydrogen) atoms. The van der Waals surface area contributed by atoms with Gasteiger partial charge in [-0.3, -0.25) is 4.79 Å². The molecule has 0 aromatic carbocycles. The second-order valence-corrected chi connectivity index (χ2v) is 3.58. The summed E-state index contributed by atoms with van der Waals surface area (Å²) in [6.45, 7) is 3.23. The summed E-state index contributed by atoms with van der Waals surface area (Å²) in [7, 11) is 0. The number of nitrogens with one attached hydrogen (secondary N) is 2. The van der Waals surface area contributed by atoms with E-state index in [1.807, 2.05) is 0 Å². The zero-order chi connectivity index (χ0) is 9.68. The molecule has 1 aliphatic heterocycles. The fourth-order valence-corrected chi connectivity index (χ4v) is 1.44. The van der Waals surface area contributed by atoms with Crippen LogP contribution in [0.25, 0.3) is 0 Å². The largest absolute Gasteiger partial charge is 0.393 e. The summed E-state index contributed by atoms with van der Waals surface area (Å²) in [5, 5.41) is 14.9. The molecule has 4 heteroatoms. The number of carbonyl (C=O) groups is 1. The van der Waals surface area contributed by atoms with Crippen molar-refractivity contribution in [2.24, 2.45) is 0 Å². The van der Waals surface area contributed by atoms with Gasteiger partial charge in [-0.05, 0) is 32.7 Å². The first-order valence-corrected chi connectivity index (χ1v) is 4.89. The predicted octanol–water partition coefficient (Wildman–Crippen LogP) is -0.374. The van der Waals surface area contributed by atoms with Crippen LogP contribution in [0.1, 0.15) is 26.2 Å². The third-order valence-corrected chi connectivity index (χ3v) is 2.24. The van der Waals surface area contributed by atoms with Crippen LogP contribution < -0.4 is 10.6 Å². The molecule has 1 saturated heterocycles. The molecule has 3 N–H and O–H groups in total. The van der Waals surface area contributed by atoms with Crippen LogP contribution in [0.3, 0.4) is 0 Å². The Balaban J connectivity index is 2.10. The third kappa shape index (κ3) is 3.74. The fraction of sp³-hybridized carbons (Fsp3) is 0.889. The Kier molecular flexibility index (Phi) is 4.18. The first-order chi connectivity index (χ1) is 6.20. The van der Waals surface area contributed by atoms with Gasteiger partial charge in [-0.25, -0.2) is 0 Å². The van der Waals surface area contributed by atoms with E-state index in [-0.39, 0.29) is 18.1 Å². The molecule has 0 spiro atoms. The van der Waals surface area contributed by atoms with Gasteiger partial charge in [-0.2, -0.15) is 0 Å². The number of rotatable bonds is 4. The van der Waals surface area contributed by atoms with E-state index in [9.17, 15) is 4.79 Å². The van der Waals surface area contributed by atoms with E-state index in [1.165, 1.54) is 0 Å². The van der Waals surface area contributed by atoms with Crippen LogP contribution in [-0.2, 0) is 4.79 Å². The monoisotopic (exact) mass is 186 g/mol. The summed E-state index contributed by atoms with van der Waals surface area (Å²) in [6.07, 6.45) is 2.30. The minimum absolute atomic E-state index is 0.00556. The lowest BCUT2D eigenvalue weighted by Crippen LogP contribution is -2.41. The molecule has 1 amide bonds. The van der Waals surface area contributed by atoms with Gasteiger partial charge < -0.3 is 15.7 Å². The molecule has 1 heterocycles. The molecule has 1 fully saturated rings. The van der Waals surface area contributed by atoms with Crippen molar-refractivity contribution < 1.29 is 9.90 Å². The predicted molar refractivity (Wildman–Crippen MR) is 50.3 cm³/mol. The fourth-order valence-electron chi connectivity index (χ4n) is 1.44. The number of carbonyl (C=O) groups excluding carboxylic acids is 1. The van der Waals surface area contributed by atoms with Gasteiger partial charge in [0, 0.05) is 6.54 Å². The van der Waals surface area contributed by atoms with Gasteiger partial charge in [0.05, 0.1) is 12.1 Å². The molecule has 76 valence electrons. The van der Waals surface area contributed by atoms with Crippen LogP contribution in [0.15, 0.2) is 0 Å². The van der Waals surface area contributed by atoms with E-state index >= 15 is 0 Å². The van der Waals surface area contributed by atoms with Crippen LogP contribution in [0.5, 0.6) is 0 Å². The molecular formula is C9H18N2O2. The van der Waals surface area contributed by atoms with Gasteiger partial charge in [0.2, 0.25) is 5.91 Å². The SMILES string of the molecule is CC(O)CCNC(=O)[C@@H]1CCCN1. The lowest BCUT2D eigenvalue weighted by Gasteiger charge is -2.11. The van der Waals surface area contributed by atoms with Gasteiger partial charge in [0.15, 0.2) is 0 Å². The number of aliphatic hydroxyl groups is 1. The molecule has 1 rings (SSSR count). The zero-order valence-corrected chi connectivity index (χ0v) is 8.05. The maximum atomic E-state index is 11.4. The molecular weight excluding hydrogens is 168 g/mol. The van der Waals surface area contributed by atoms with Gasteiger partial charge >= 0.3 is 0 Å². The normalized spacial score (nSPS) is 24.3.